The number of aliphatic carboxylic acids is 1. The van der Waals surface area contributed by atoms with Gasteiger partial charge in [-0.2, -0.15) is 0 Å². The molecule has 24 N–H and O–H groups in total. The Labute approximate surface area is 660 Å². The van der Waals surface area contributed by atoms with Gasteiger partial charge in [0.15, 0.2) is 25.2 Å². The molecule has 5 fully saturated rings. The van der Waals surface area contributed by atoms with E-state index in [4.69, 9.17) is 92.5 Å². The number of nitrogens with two attached hydrogens (primary N) is 1. The number of thiocarbonyl (C=S) groups is 4. The number of hydrogen-bond acceptors (Lipinski definition) is 32. The summed E-state index contributed by atoms with van der Waals surface area (Å²) in [4.78, 5) is 138. The summed E-state index contributed by atoms with van der Waals surface area (Å²) in [5.41, 5.74) is 5.25. The molecule has 0 saturated carbocycles. The molecule has 5 rings (SSSR count). The normalized spacial score (nSPS) is 31.2. The lowest BCUT2D eigenvalue weighted by molar-refractivity contribution is -0.331. The number of ether oxygens (including phenoxy) is 8. The van der Waals surface area contributed by atoms with E-state index in [2.05, 4.69) is 58.5 Å². The van der Waals surface area contributed by atoms with Crippen LogP contribution in [0.1, 0.15) is 101 Å². The van der Waals surface area contributed by atoms with Gasteiger partial charge in [0.2, 0.25) is 53.2 Å². The second-order valence-corrected chi connectivity index (χ2v) is 30.3. The molecular formula is C65H107N13O29S4. The minimum atomic E-state index is -2.18. The lowest BCUT2D eigenvalue weighted by Crippen LogP contribution is -2.70. The summed E-state index contributed by atoms with van der Waals surface area (Å²) in [5, 5.41) is 148. The van der Waals surface area contributed by atoms with Crippen molar-refractivity contribution in [2.24, 2.45) is 11.7 Å². The first-order valence-electron chi connectivity index (χ1n) is 35.8. The second-order valence-electron chi connectivity index (χ2n) is 27.9. The van der Waals surface area contributed by atoms with Gasteiger partial charge in [0.05, 0.1) is 71.7 Å². The monoisotopic (exact) mass is 1660 g/mol. The summed E-state index contributed by atoms with van der Waals surface area (Å²) in [6.07, 6.45) is -32.1. The number of aliphatic hydroxyl groups is 10. The number of nitrogens with one attached hydrogen (secondary N) is 11. The van der Waals surface area contributed by atoms with Crippen LogP contribution in [0, 0.1) is 5.92 Å². The van der Waals surface area contributed by atoms with Gasteiger partial charge < -0.3 is 163 Å². The van der Waals surface area contributed by atoms with Crippen molar-refractivity contribution in [3.63, 3.8) is 0 Å². The largest absolute Gasteiger partial charge is 0.481 e. The number of amides is 9. The molecule has 5 aliphatic rings. The van der Waals surface area contributed by atoms with Gasteiger partial charge in [0.1, 0.15) is 134 Å². The second kappa shape index (κ2) is 44.4. The van der Waals surface area contributed by atoms with E-state index in [0.29, 0.717) is 0 Å². The van der Waals surface area contributed by atoms with Crippen molar-refractivity contribution in [3.05, 3.63) is 0 Å². The number of rotatable bonds is 38. The highest BCUT2D eigenvalue weighted by molar-refractivity contribution is 7.80. The molecule has 0 aliphatic carbocycles. The number of primary amides is 1. The summed E-state index contributed by atoms with van der Waals surface area (Å²) in [5.74, 6) is -10.7. The Hall–Kier alpha value is -6.46. The predicted molar refractivity (Wildman–Crippen MR) is 398 cm³/mol. The van der Waals surface area contributed by atoms with Crippen LogP contribution in [0.2, 0.25) is 0 Å². The van der Waals surface area contributed by atoms with Gasteiger partial charge in [-0.15, -0.1) is 0 Å². The molecule has 0 radical (unpaired) electrons. The zero-order valence-corrected chi connectivity index (χ0v) is 65.9. The predicted octanol–water partition coefficient (Wildman–Crippen LogP) is -10.1. The molecule has 46 heteroatoms. The fourth-order valence-electron chi connectivity index (χ4n) is 13.0. The highest BCUT2D eigenvalue weighted by Crippen LogP contribution is 2.34. The van der Waals surface area contributed by atoms with E-state index in [-0.39, 0.29) is 51.7 Å². The standard InChI is InChI=1S/C65H107N13O29S4/c1-23(2)16-33(75-57(95)32(70-27(6)83)13-14-41(86)87)58(96)69-24(3)56(94)76-43(26(5)101-65-47(74-31(10)111)55(51(91)38(22-82)105-65)107-63-45(72-29(8)109)53(93)49(89)36(20-80)103-63)61(99)77-42(60(98)68-18-40(85)78-15-11-12-34(78)59(97)67-17-39(66)84)25(4)100-64-46(73-30(9)110)54(50(90)37(21-81)104-64)106-62-44(71-28(7)108)52(92)48(88)35(19-79)102-62/h23-26,32-38,42-55,62-65,79-82,88-93H,11-22H2,1-10H3,(H2,66,84)(H,67,97)(H,68,98)(H,69,96)(H,70,83)(H,71,108)(H,72,109)(H,73,110)(H,74,111)(H,75,95)(H,76,94)(H,77,99)(H,86,87)/t24-,25+,26+,32-,33-,34-,35+,36+,37+,38+,42-,43-,44+,45+,46+,47+,48-,49-,50-,51-,52+,53+,54+,55+,62+,63+,64-,65-/m0/s1. The van der Waals surface area contributed by atoms with Crippen molar-refractivity contribution in [2.75, 3.05) is 46.1 Å². The van der Waals surface area contributed by atoms with Gasteiger partial charge in [-0.05, 0) is 80.1 Å². The first-order chi connectivity index (χ1) is 52.1. The van der Waals surface area contributed by atoms with Crippen LogP contribution < -0.4 is 64.2 Å². The molecular weight excluding hydrogens is 1560 g/mol. The summed E-state index contributed by atoms with van der Waals surface area (Å²) in [6.45, 7) is 8.37. The summed E-state index contributed by atoms with van der Waals surface area (Å²) >= 11 is 21.4. The number of carbonyl (C=O) groups is 10. The van der Waals surface area contributed by atoms with E-state index in [9.17, 15) is 94.5 Å². The molecule has 28 atom stereocenters. The molecule has 0 aromatic heterocycles. The van der Waals surface area contributed by atoms with E-state index in [1.54, 1.807) is 13.8 Å². The lowest BCUT2D eigenvalue weighted by Gasteiger charge is -2.49. The molecule has 630 valence electrons. The smallest absolute Gasteiger partial charge is 0.303 e. The van der Waals surface area contributed by atoms with E-state index in [1.165, 1.54) is 41.5 Å². The minimum absolute atomic E-state index is 0.0171. The number of nitrogens with zero attached hydrogens (tertiary/aromatic N) is 1. The highest BCUT2D eigenvalue weighted by atomic mass is 32.1. The van der Waals surface area contributed by atoms with Crippen LogP contribution in [0.4, 0.5) is 0 Å². The zero-order chi connectivity index (χ0) is 83.3. The lowest BCUT2D eigenvalue weighted by atomic mass is 9.94. The SMILES string of the molecule is CC(=O)N[C@@H](CCC(=O)O)C(=O)N[C@@H](CC(C)C)C(=O)N[C@@H](C)C(=O)N[C@H](C(=O)N[C@H](C(=O)NCC(=O)N1CCC[C@H]1C(=O)NCC(N)=O)[C@@H](C)O[C@H]1O[C@H](CO)[C@H](O)[C@H](O[C@H]2O[C@H](CO)[C@H](O)[C@H](O)[C@H]2NC(C)=S)[C@H]1NC(C)=S)[C@@H](C)O[C@H]1O[C@H](CO)[C@H](O)[C@H](O[C@H]2O[C@H](CO)[C@H](O)[C@H](O)[C@H]2NC(C)=S)[C@H]1NC(C)=S. The summed E-state index contributed by atoms with van der Waals surface area (Å²) < 4.78 is 49.9. The first-order valence-corrected chi connectivity index (χ1v) is 37.4. The van der Waals surface area contributed by atoms with E-state index >= 15 is 9.59 Å². The first kappa shape index (κ1) is 95.1. The summed E-state index contributed by atoms with van der Waals surface area (Å²) in [7, 11) is 0. The van der Waals surface area contributed by atoms with Crippen molar-refractivity contribution in [2.45, 2.75) is 272 Å². The molecule has 5 aliphatic heterocycles. The van der Waals surface area contributed by atoms with Gasteiger partial charge >= 0.3 is 5.97 Å². The molecule has 0 bridgehead atoms. The minimum Gasteiger partial charge on any atom is -0.481 e. The third kappa shape index (κ3) is 27.1. The van der Waals surface area contributed by atoms with Gasteiger partial charge in [-0.3, -0.25) is 47.9 Å². The topological polar surface area (TPSA) is 629 Å². The van der Waals surface area contributed by atoms with Crippen LogP contribution in [-0.4, -0.2) is 357 Å². The Balaban J connectivity index is 1.66. The third-order valence-corrected chi connectivity index (χ3v) is 19.0. The Morgan fingerprint density at radius 1 is 0.495 bits per heavy atom. The molecule has 0 unspecified atom stereocenters. The number of aliphatic hydroxyl groups excluding tert-OH is 10. The van der Waals surface area contributed by atoms with Crippen LogP contribution in [0.3, 0.4) is 0 Å². The van der Waals surface area contributed by atoms with E-state index in [0.717, 1.165) is 18.7 Å². The molecule has 5 heterocycles. The van der Waals surface area contributed by atoms with Gasteiger partial charge in [0.25, 0.3) is 0 Å². The highest BCUT2D eigenvalue weighted by Gasteiger charge is 2.56. The zero-order valence-electron chi connectivity index (χ0n) is 62.7. The average Bonchev–Trinajstić information content (AvgIpc) is 1.13. The Morgan fingerprint density at radius 2 is 0.910 bits per heavy atom. The number of hydrogen-bond donors (Lipinski definition) is 23. The molecule has 42 nitrogen and oxygen atoms in total. The maximum Gasteiger partial charge on any atom is 0.303 e. The van der Waals surface area contributed by atoms with Crippen LogP contribution in [-0.2, 0) is 85.8 Å². The van der Waals surface area contributed by atoms with Crippen LogP contribution in [0.15, 0.2) is 0 Å². The van der Waals surface area contributed by atoms with Gasteiger partial charge in [-0.1, -0.05) is 62.7 Å². The Morgan fingerprint density at radius 3 is 1.32 bits per heavy atom. The molecule has 0 aromatic rings. The average molecular weight is 1660 g/mol. The molecule has 111 heavy (non-hydrogen) atoms. The molecule has 9 amide bonds. The van der Waals surface area contributed by atoms with Crippen LogP contribution in [0.5, 0.6) is 0 Å². The van der Waals surface area contributed by atoms with Crippen molar-refractivity contribution < 1.29 is 142 Å². The van der Waals surface area contributed by atoms with Crippen molar-refractivity contribution in [3.8, 4) is 0 Å². The van der Waals surface area contributed by atoms with E-state index < -0.39 is 283 Å². The molecule has 0 spiro atoms. The van der Waals surface area contributed by atoms with Crippen molar-refractivity contribution >= 4 is 128 Å². The van der Waals surface area contributed by atoms with Crippen LogP contribution >= 0.6 is 48.9 Å². The number of carbonyl (C=O) groups excluding carboxylic acids is 9. The number of likely N-dealkylation sites (tertiary alicyclic amines) is 1. The number of carboxylic acids is 1. The molecule has 5 saturated heterocycles. The third-order valence-electron chi connectivity index (χ3n) is 18.5. The van der Waals surface area contributed by atoms with E-state index in [1.807, 2.05) is 0 Å². The van der Waals surface area contributed by atoms with Crippen molar-refractivity contribution in [1.82, 2.24) is 63.4 Å². The maximum absolute atomic E-state index is 15.8. The van der Waals surface area contributed by atoms with Crippen LogP contribution in [0.25, 0.3) is 0 Å². The Bertz CT molecular complexity index is 3260. The maximum atomic E-state index is 15.8. The Kier molecular flexibility index (Phi) is 38.1. The van der Waals surface area contributed by atoms with Gasteiger partial charge in [0, 0.05) is 19.9 Å². The van der Waals surface area contributed by atoms with Gasteiger partial charge in [-0.25, -0.2) is 0 Å². The fraction of sp³-hybridized carbons (Fsp3) is 0.785. The van der Waals surface area contributed by atoms with Crippen molar-refractivity contribution in [1.29, 1.82) is 0 Å². The quantitative estimate of drug-likeness (QED) is 0.0255. The molecule has 0 aromatic carbocycles. The summed E-state index contributed by atoms with van der Waals surface area (Å²) in [6, 6.07) is -16.1. The fourth-order valence-corrected chi connectivity index (χ4v) is 13.5. The number of carboxylic acid groups (broad SMARTS) is 1.